The Labute approximate surface area is 190 Å². The molecule has 7 rings (SSSR count). The summed E-state index contributed by atoms with van der Waals surface area (Å²) in [4.78, 5) is 20.7. The average molecular weight is 433 g/mol. The van der Waals surface area contributed by atoms with Gasteiger partial charge in [-0.05, 0) is 81.9 Å². The number of hydrogen-bond donors (Lipinski definition) is 0. The lowest BCUT2D eigenvalue weighted by atomic mass is 9.52. The summed E-state index contributed by atoms with van der Waals surface area (Å²) in [5, 5.41) is 0. The monoisotopic (exact) mass is 432 g/mol. The number of aromatic nitrogens is 3. The van der Waals surface area contributed by atoms with Gasteiger partial charge in [0.2, 0.25) is 5.78 Å². The van der Waals surface area contributed by atoms with Gasteiger partial charge >= 0.3 is 0 Å². The van der Waals surface area contributed by atoms with Crippen molar-refractivity contribution in [2.24, 2.45) is 17.8 Å². The molecule has 0 unspecified atom stereocenters. The molecule has 4 bridgehead atoms. The van der Waals surface area contributed by atoms with Crippen molar-refractivity contribution in [3.8, 4) is 0 Å². The van der Waals surface area contributed by atoms with Crippen LogP contribution in [-0.4, -0.2) is 37.2 Å². The highest BCUT2D eigenvalue weighted by Crippen LogP contribution is 2.57. The van der Waals surface area contributed by atoms with Crippen molar-refractivity contribution < 1.29 is 4.79 Å². The van der Waals surface area contributed by atoms with Gasteiger partial charge in [0, 0.05) is 25.6 Å². The van der Waals surface area contributed by atoms with E-state index >= 15 is 0 Å². The number of carbonyl (C=O) groups excluding carboxylic acids is 1. The number of imidazole rings is 2. The van der Waals surface area contributed by atoms with Gasteiger partial charge in [-0.2, -0.15) is 0 Å². The predicted molar refractivity (Wildman–Crippen MR) is 128 cm³/mol. The normalized spacial score (nSPS) is 29.1. The molecule has 0 amide bonds. The van der Waals surface area contributed by atoms with Crippen molar-refractivity contribution in [1.29, 1.82) is 0 Å². The first-order valence-electron chi connectivity index (χ1n) is 12.7. The Morgan fingerprint density at radius 1 is 1.09 bits per heavy atom. The molecule has 0 atom stereocenters. The van der Waals surface area contributed by atoms with E-state index < -0.39 is 0 Å². The Morgan fingerprint density at radius 3 is 2.31 bits per heavy atom. The van der Waals surface area contributed by atoms with Crippen LogP contribution in [0.5, 0.6) is 0 Å². The van der Waals surface area contributed by atoms with Crippen LogP contribution in [0.2, 0.25) is 0 Å². The summed E-state index contributed by atoms with van der Waals surface area (Å²) in [7, 11) is 2.30. The largest absolute Gasteiger partial charge is 0.310 e. The van der Waals surface area contributed by atoms with Crippen molar-refractivity contribution in [3.63, 3.8) is 0 Å². The van der Waals surface area contributed by atoms with Gasteiger partial charge in [0.1, 0.15) is 5.69 Å². The summed E-state index contributed by atoms with van der Waals surface area (Å²) in [5.74, 6) is 3.79. The fourth-order valence-corrected chi connectivity index (χ4v) is 7.78. The molecule has 0 N–H and O–H groups in total. The summed E-state index contributed by atoms with van der Waals surface area (Å²) in [5.41, 5.74) is 4.33. The van der Waals surface area contributed by atoms with Crippen LogP contribution >= 0.6 is 0 Å². The van der Waals surface area contributed by atoms with Gasteiger partial charge in [-0.25, -0.2) is 4.98 Å². The molecule has 3 aromatic rings. The van der Waals surface area contributed by atoms with Crippen LogP contribution in [0.25, 0.3) is 16.8 Å². The number of aryl methyl sites for hydroxylation is 1. The number of benzene rings is 1. The second-order valence-electron chi connectivity index (χ2n) is 11.1. The van der Waals surface area contributed by atoms with Crippen LogP contribution in [0.4, 0.5) is 0 Å². The number of hydrogen-bond acceptors (Lipinski definition) is 3. The summed E-state index contributed by atoms with van der Waals surface area (Å²) >= 11 is 0. The van der Waals surface area contributed by atoms with Crippen molar-refractivity contribution in [2.75, 3.05) is 7.05 Å². The molecule has 0 spiro atoms. The molecule has 4 saturated carbocycles. The number of ketones is 1. The molecule has 5 heteroatoms. The molecular formula is C27H36N4O. The molecule has 32 heavy (non-hydrogen) atoms. The second kappa shape index (κ2) is 7.44. The van der Waals surface area contributed by atoms with Gasteiger partial charge in [-0.15, -0.1) is 0 Å². The number of carbonyl (C=O) groups is 1. The molecular weight excluding hydrogens is 396 g/mol. The smallest absolute Gasteiger partial charge is 0.215 e. The fourth-order valence-electron chi connectivity index (χ4n) is 7.78. The number of rotatable bonds is 7. The molecule has 0 aliphatic heterocycles. The summed E-state index contributed by atoms with van der Waals surface area (Å²) in [6.45, 7) is 5.63. The Balaban J connectivity index is 1.43. The van der Waals surface area contributed by atoms with E-state index in [0.717, 1.165) is 66.4 Å². The zero-order chi connectivity index (χ0) is 22.0. The summed E-state index contributed by atoms with van der Waals surface area (Å²) in [6.07, 6.45) is 10.6. The first-order valence-corrected chi connectivity index (χ1v) is 12.7. The average Bonchev–Trinajstić information content (AvgIpc) is 3.25. The van der Waals surface area contributed by atoms with Gasteiger partial charge in [-0.3, -0.25) is 14.1 Å². The zero-order valence-electron chi connectivity index (χ0n) is 19.8. The van der Waals surface area contributed by atoms with Crippen LogP contribution in [0.1, 0.15) is 81.4 Å². The van der Waals surface area contributed by atoms with Crippen LogP contribution in [0.15, 0.2) is 24.3 Å². The number of Topliss-reactive ketones (excluding diaryl/α,β-unsaturated/α-hetero) is 1. The maximum absolute atomic E-state index is 12.9. The Hall–Kier alpha value is -2.14. The third kappa shape index (κ3) is 3.00. The van der Waals surface area contributed by atoms with E-state index in [1.54, 1.807) is 6.92 Å². The lowest BCUT2D eigenvalue weighted by Gasteiger charge is -2.60. The van der Waals surface area contributed by atoms with Gasteiger partial charge < -0.3 is 4.57 Å². The van der Waals surface area contributed by atoms with Crippen molar-refractivity contribution in [2.45, 2.75) is 83.8 Å². The molecule has 4 aliphatic rings. The lowest BCUT2D eigenvalue weighted by molar-refractivity contribution is -0.0825. The second-order valence-corrected chi connectivity index (χ2v) is 11.1. The molecule has 5 nitrogen and oxygen atoms in total. The Morgan fingerprint density at radius 2 is 1.72 bits per heavy atom. The summed E-state index contributed by atoms with van der Waals surface area (Å²) in [6, 6.07) is 8.44. The number of para-hydroxylation sites is 2. The molecule has 1 aromatic carbocycles. The van der Waals surface area contributed by atoms with E-state index in [-0.39, 0.29) is 5.78 Å². The van der Waals surface area contributed by atoms with E-state index in [1.165, 1.54) is 44.0 Å². The van der Waals surface area contributed by atoms with Crippen molar-refractivity contribution in [1.82, 2.24) is 18.9 Å². The molecule has 2 aromatic heterocycles. The highest BCUT2D eigenvalue weighted by atomic mass is 16.1. The molecule has 4 aliphatic carbocycles. The third-order valence-corrected chi connectivity index (χ3v) is 8.86. The van der Waals surface area contributed by atoms with Gasteiger partial charge in [0.25, 0.3) is 0 Å². The standard InChI is InChI=1S/C27H36N4O/c1-4-5-10-30-23-8-6-7-9-24(23)31-25(18(2)32)22(28-26(30)31)17-29(3)27-14-19-11-20(15-27)13-21(12-19)16-27/h6-9,19-21H,4-5,10-17H2,1-3H3. The van der Waals surface area contributed by atoms with Crippen molar-refractivity contribution in [3.05, 3.63) is 35.7 Å². The molecule has 170 valence electrons. The molecule has 0 radical (unpaired) electrons. The Bertz CT molecular complexity index is 1150. The number of unbranched alkanes of at least 4 members (excludes halogenated alkanes) is 1. The summed E-state index contributed by atoms with van der Waals surface area (Å²) < 4.78 is 4.45. The van der Waals surface area contributed by atoms with Gasteiger partial charge in [0.05, 0.1) is 16.7 Å². The molecule has 2 heterocycles. The van der Waals surface area contributed by atoms with Crippen LogP contribution < -0.4 is 0 Å². The first-order chi connectivity index (χ1) is 15.5. The third-order valence-electron chi connectivity index (χ3n) is 8.86. The maximum Gasteiger partial charge on any atom is 0.215 e. The SMILES string of the molecule is CCCCn1c2ccccc2n2c(C(C)=O)c(CN(C)C34CC5CC(CC(C5)C3)C4)nc12. The number of fused-ring (bicyclic) bond motifs is 3. The van der Waals surface area contributed by atoms with E-state index in [1.807, 2.05) is 0 Å². The topological polar surface area (TPSA) is 42.5 Å². The van der Waals surface area contributed by atoms with Crippen LogP contribution in [0, 0.1) is 17.8 Å². The first kappa shape index (κ1) is 20.5. The lowest BCUT2D eigenvalue weighted by Crippen LogP contribution is -2.58. The quantitative estimate of drug-likeness (QED) is 0.450. The predicted octanol–water partition coefficient (Wildman–Crippen LogP) is 5.69. The molecule has 4 fully saturated rings. The van der Waals surface area contributed by atoms with Gasteiger partial charge in [-0.1, -0.05) is 25.5 Å². The minimum absolute atomic E-state index is 0.116. The fraction of sp³-hybridized carbons (Fsp3) is 0.630. The van der Waals surface area contributed by atoms with Crippen molar-refractivity contribution >= 4 is 22.6 Å². The minimum Gasteiger partial charge on any atom is -0.310 e. The van der Waals surface area contributed by atoms with Crippen LogP contribution in [0.3, 0.4) is 0 Å². The highest BCUT2D eigenvalue weighted by molar-refractivity contribution is 5.97. The van der Waals surface area contributed by atoms with Crippen LogP contribution in [-0.2, 0) is 13.1 Å². The Kier molecular flexibility index (Phi) is 4.76. The van der Waals surface area contributed by atoms with E-state index in [4.69, 9.17) is 4.98 Å². The maximum atomic E-state index is 12.9. The van der Waals surface area contributed by atoms with E-state index in [0.29, 0.717) is 5.54 Å². The van der Waals surface area contributed by atoms with E-state index in [2.05, 4.69) is 52.1 Å². The minimum atomic E-state index is 0.116. The molecule has 0 saturated heterocycles. The van der Waals surface area contributed by atoms with Gasteiger partial charge in [0.15, 0.2) is 5.78 Å². The highest BCUT2D eigenvalue weighted by Gasteiger charge is 2.52. The zero-order valence-corrected chi connectivity index (χ0v) is 19.8. The van der Waals surface area contributed by atoms with E-state index in [9.17, 15) is 4.79 Å². The number of nitrogens with zero attached hydrogens (tertiary/aromatic N) is 4.